The Bertz CT molecular complexity index is 3550. The van der Waals surface area contributed by atoms with E-state index in [0.29, 0.717) is 17.5 Å². The molecule has 8 aromatic carbocycles. The number of thiophene rings is 1. The summed E-state index contributed by atoms with van der Waals surface area (Å²) in [5.74, 6) is 2.63. The second-order valence-corrected chi connectivity index (χ2v) is 15.7. The highest BCUT2D eigenvalue weighted by molar-refractivity contribution is 7.26. The number of nitrogens with zero attached hydrogens (tertiary/aromatic N) is 5. The van der Waals surface area contributed by atoms with Gasteiger partial charge in [-0.05, 0) is 65.7 Å². The van der Waals surface area contributed by atoms with Crippen molar-refractivity contribution in [2.24, 2.45) is 0 Å². The number of furan rings is 1. The third-order valence-electron chi connectivity index (χ3n) is 11.1. The van der Waals surface area contributed by atoms with Crippen molar-refractivity contribution in [3.05, 3.63) is 188 Å². The summed E-state index contributed by atoms with van der Waals surface area (Å²) in [6.07, 6.45) is 0. The van der Waals surface area contributed by atoms with Gasteiger partial charge in [-0.2, -0.15) is 0 Å². The van der Waals surface area contributed by atoms with Crippen LogP contribution in [0, 0.1) is 0 Å². The number of para-hydroxylation sites is 3. The predicted molar refractivity (Wildman–Crippen MR) is 242 cm³/mol. The highest BCUT2D eigenvalue weighted by Crippen LogP contribution is 2.42. The second-order valence-electron chi connectivity index (χ2n) is 14.6. The van der Waals surface area contributed by atoms with Crippen LogP contribution in [0.5, 0.6) is 0 Å². The SMILES string of the molecule is c1ccc(-c2nc(-c3ccc(-c4cccc5c4sc4ccccc45)cc3)nc(-c3cccc4oc5ccc(-c6nc7ccccc7n6-c6ccccc6)cc5c34)n2)cc1. The van der Waals surface area contributed by atoms with Crippen LogP contribution in [-0.4, -0.2) is 24.5 Å². The van der Waals surface area contributed by atoms with Crippen LogP contribution in [0.1, 0.15) is 0 Å². The maximum Gasteiger partial charge on any atom is 0.164 e. The number of hydrogen-bond donors (Lipinski definition) is 0. The van der Waals surface area contributed by atoms with Crippen molar-refractivity contribution in [2.45, 2.75) is 0 Å². The molecule has 59 heavy (non-hydrogen) atoms. The topological polar surface area (TPSA) is 69.6 Å². The molecule has 0 unspecified atom stereocenters. The molecule has 0 fully saturated rings. The summed E-state index contributed by atoms with van der Waals surface area (Å²) >= 11 is 1.84. The monoisotopic (exact) mass is 773 g/mol. The fraction of sp³-hybridized carbons (Fsp3) is 0. The van der Waals surface area contributed by atoms with Crippen LogP contribution < -0.4 is 0 Å². The lowest BCUT2D eigenvalue weighted by Gasteiger charge is -2.11. The van der Waals surface area contributed by atoms with Gasteiger partial charge in [0.25, 0.3) is 0 Å². The van der Waals surface area contributed by atoms with Crippen LogP contribution in [0.3, 0.4) is 0 Å². The van der Waals surface area contributed by atoms with Crippen LogP contribution in [0.25, 0.3) is 116 Å². The molecule has 0 N–H and O–H groups in total. The predicted octanol–water partition coefficient (Wildman–Crippen LogP) is 13.8. The molecule has 6 nitrogen and oxygen atoms in total. The number of imidazole rings is 1. The van der Waals surface area contributed by atoms with Crippen LogP contribution in [0.2, 0.25) is 0 Å². The first-order chi connectivity index (χ1) is 29.2. The van der Waals surface area contributed by atoms with Crippen LogP contribution in [-0.2, 0) is 0 Å². The number of rotatable bonds is 6. The van der Waals surface area contributed by atoms with Crippen molar-refractivity contribution >= 4 is 64.5 Å². The summed E-state index contributed by atoms with van der Waals surface area (Å²) in [5.41, 5.74) is 10.6. The van der Waals surface area contributed by atoms with Gasteiger partial charge < -0.3 is 4.42 Å². The zero-order valence-corrected chi connectivity index (χ0v) is 32.3. The van der Waals surface area contributed by atoms with E-state index in [2.05, 4.69) is 132 Å². The van der Waals surface area contributed by atoms with Crippen molar-refractivity contribution in [3.8, 4) is 62.4 Å². The Morgan fingerprint density at radius 2 is 1.07 bits per heavy atom. The lowest BCUT2D eigenvalue weighted by molar-refractivity contribution is 0.669. The fourth-order valence-electron chi connectivity index (χ4n) is 8.33. The molecule has 0 aliphatic carbocycles. The van der Waals surface area contributed by atoms with Crippen LogP contribution >= 0.6 is 11.3 Å². The van der Waals surface area contributed by atoms with Gasteiger partial charge in [-0.1, -0.05) is 133 Å². The molecule has 0 atom stereocenters. The van der Waals surface area contributed by atoms with E-state index < -0.39 is 0 Å². The minimum atomic E-state index is 0.572. The number of benzene rings is 8. The van der Waals surface area contributed by atoms with E-state index in [1.54, 1.807) is 0 Å². The molecule has 0 saturated carbocycles. The summed E-state index contributed by atoms with van der Waals surface area (Å²) in [6.45, 7) is 0. The first-order valence-electron chi connectivity index (χ1n) is 19.5. The second kappa shape index (κ2) is 13.4. The maximum absolute atomic E-state index is 6.52. The molecule has 4 aromatic heterocycles. The fourth-order valence-corrected chi connectivity index (χ4v) is 9.56. The molecule has 0 bridgehead atoms. The highest BCUT2D eigenvalue weighted by atomic mass is 32.1. The van der Waals surface area contributed by atoms with Gasteiger partial charge in [-0.3, -0.25) is 4.57 Å². The van der Waals surface area contributed by atoms with Crippen LogP contribution in [0.4, 0.5) is 0 Å². The standard InChI is InChI=1S/C52H31N5OS/c1-3-13-33(14-4-1)49-54-50(34-27-25-32(26-28-34)37-18-11-19-39-38-17-7-10-24-46(38)59-48(37)39)56-51(55-49)40-20-12-23-45-47(40)41-31-35(29-30-44(41)58-45)52-53-42-21-8-9-22-43(42)57(52)36-15-5-2-6-16-36/h1-31H. The first kappa shape index (κ1) is 33.4. The Balaban J connectivity index is 1.01. The summed E-state index contributed by atoms with van der Waals surface area (Å²) in [7, 11) is 0. The molecule has 276 valence electrons. The average Bonchev–Trinajstić information content (AvgIpc) is 4.01. The maximum atomic E-state index is 6.52. The quantitative estimate of drug-likeness (QED) is 0.168. The summed E-state index contributed by atoms with van der Waals surface area (Å²) in [4.78, 5) is 20.6. The number of hydrogen-bond acceptors (Lipinski definition) is 6. The summed E-state index contributed by atoms with van der Waals surface area (Å²) in [5, 5.41) is 4.47. The summed E-state index contributed by atoms with van der Waals surface area (Å²) in [6, 6.07) is 64.9. The van der Waals surface area contributed by atoms with E-state index in [9.17, 15) is 0 Å². The van der Waals surface area contributed by atoms with Gasteiger partial charge in [0.05, 0.1) is 11.0 Å². The minimum Gasteiger partial charge on any atom is -0.456 e. The van der Waals surface area contributed by atoms with Crippen molar-refractivity contribution in [2.75, 3.05) is 0 Å². The molecular weight excluding hydrogens is 743 g/mol. The Morgan fingerprint density at radius 3 is 1.92 bits per heavy atom. The normalized spacial score (nSPS) is 11.7. The first-order valence-corrected chi connectivity index (χ1v) is 20.4. The van der Waals surface area contributed by atoms with Gasteiger partial charge in [-0.15, -0.1) is 11.3 Å². The van der Waals surface area contributed by atoms with Crippen molar-refractivity contribution in [3.63, 3.8) is 0 Å². The Kier molecular flexibility index (Phi) is 7.61. The Labute approximate surface area is 342 Å². The zero-order valence-electron chi connectivity index (χ0n) is 31.5. The zero-order chi connectivity index (χ0) is 38.9. The largest absolute Gasteiger partial charge is 0.456 e. The van der Waals surface area contributed by atoms with Gasteiger partial charge in [0.1, 0.15) is 17.0 Å². The molecular formula is C52H31N5OS. The van der Waals surface area contributed by atoms with Crippen molar-refractivity contribution in [1.82, 2.24) is 24.5 Å². The van der Waals surface area contributed by atoms with E-state index in [4.69, 9.17) is 24.4 Å². The molecule has 12 aromatic rings. The molecule has 12 rings (SSSR count). The van der Waals surface area contributed by atoms with Gasteiger partial charge >= 0.3 is 0 Å². The molecule has 7 heteroatoms. The highest BCUT2D eigenvalue weighted by Gasteiger charge is 2.21. The third kappa shape index (κ3) is 5.55. The third-order valence-corrected chi connectivity index (χ3v) is 12.3. The molecule has 0 radical (unpaired) electrons. The number of fused-ring (bicyclic) bond motifs is 7. The molecule has 0 amide bonds. The minimum absolute atomic E-state index is 0.572. The lowest BCUT2D eigenvalue weighted by atomic mass is 10.0. The molecule has 4 heterocycles. The molecule has 0 spiro atoms. The van der Waals surface area contributed by atoms with Gasteiger partial charge in [0.2, 0.25) is 0 Å². The lowest BCUT2D eigenvalue weighted by Crippen LogP contribution is -2.00. The van der Waals surface area contributed by atoms with Crippen LogP contribution in [0.15, 0.2) is 192 Å². The Morgan fingerprint density at radius 1 is 0.424 bits per heavy atom. The van der Waals surface area contributed by atoms with Crippen molar-refractivity contribution < 1.29 is 4.42 Å². The van der Waals surface area contributed by atoms with Gasteiger partial charge in [-0.25, -0.2) is 19.9 Å². The van der Waals surface area contributed by atoms with E-state index in [0.717, 1.165) is 72.3 Å². The van der Waals surface area contributed by atoms with E-state index >= 15 is 0 Å². The number of aromatic nitrogens is 5. The van der Waals surface area contributed by atoms with E-state index in [-0.39, 0.29) is 0 Å². The van der Waals surface area contributed by atoms with E-state index in [1.165, 1.54) is 25.7 Å². The molecule has 0 aliphatic heterocycles. The Hall–Kier alpha value is -7.74. The molecule has 0 aliphatic rings. The van der Waals surface area contributed by atoms with Gasteiger partial charge in [0, 0.05) is 58.9 Å². The van der Waals surface area contributed by atoms with Crippen molar-refractivity contribution in [1.29, 1.82) is 0 Å². The summed E-state index contributed by atoms with van der Waals surface area (Å²) < 4.78 is 11.3. The smallest absolute Gasteiger partial charge is 0.164 e. The average molecular weight is 774 g/mol. The van der Waals surface area contributed by atoms with E-state index in [1.807, 2.05) is 72.0 Å². The van der Waals surface area contributed by atoms with Gasteiger partial charge in [0.15, 0.2) is 17.5 Å². The molecule has 0 saturated heterocycles.